The van der Waals surface area contributed by atoms with Crippen molar-refractivity contribution in [1.82, 2.24) is 9.78 Å². The number of aryl methyl sites for hydroxylation is 4. The number of hydrogen-bond acceptors (Lipinski definition) is 2. The minimum absolute atomic E-state index is 0.150. The van der Waals surface area contributed by atoms with Crippen molar-refractivity contribution in [2.24, 2.45) is 7.05 Å². The van der Waals surface area contributed by atoms with Crippen LogP contribution in [0.25, 0.3) is 0 Å². The highest BCUT2D eigenvalue weighted by Gasteiger charge is 2.18. The second-order valence-electron chi connectivity index (χ2n) is 5.20. The van der Waals surface area contributed by atoms with Gasteiger partial charge in [0.05, 0.1) is 11.3 Å². The van der Waals surface area contributed by atoms with Crippen LogP contribution < -0.4 is 0 Å². The van der Waals surface area contributed by atoms with E-state index in [0.29, 0.717) is 6.42 Å². The molecule has 1 heterocycles. The lowest BCUT2D eigenvalue weighted by Gasteiger charge is -2.07. The summed E-state index contributed by atoms with van der Waals surface area (Å²) in [4.78, 5) is 12.5. The normalized spacial score (nSPS) is 10.8. The van der Waals surface area contributed by atoms with E-state index >= 15 is 0 Å². The van der Waals surface area contributed by atoms with E-state index in [1.54, 1.807) is 4.68 Å². The minimum Gasteiger partial charge on any atom is -0.294 e. The van der Waals surface area contributed by atoms with Gasteiger partial charge in [-0.1, -0.05) is 23.8 Å². The first kappa shape index (κ1) is 13.5. The highest BCUT2D eigenvalue weighted by Crippen LogP contribution is 2.18. The summed E-state index contributed by atoms with van der Waals surface area (Å²) in [5, 5.41) is 4.31. The van der Waals surface area contributed by atoms with Gasteiger partial charge in [0.2, 0.25) is 0 Å². The summed E-state index contributed by atoms with van der Waals surface area (Å²) in [6.45, 7) is 7.93. The number of rotatable bonds is 3. The third-order valence-corrected chi connectivity index (χ3v) is 3.64. The molecule has 0 aliphatic carbocycles. The lowest BCUT2D eigenvalue weighted by Crippen LogP contribution is -2.08. The van der Waals surface area contributed by atoms with Gasteiger partial charge in [-0.25, -0.2) is 0 Å². The highest BCUT2D eigenvalue weighted by molar-refractivity contribution is 5.99. The molecule has 0 N–H and O–H groups in total. The molecule has 0 amide bonds. The van der Waals surface area contributed by atoms with Crippen LogP contribution in [-0.4, -0.2) is 15.6 Å². The maximum absolute atomic E-state index is 12.5. The average Bonchev–Trinajstić information content (AvgIpc) is 2.58. The molecule has 3 heteroatoms. The Morgan fingerprint density at radius 2 is 1.89 bits per heavy atom. The van der Waals surface area contributed by atoms with Crippen LogP contribution >= 0.6 is 0 Å². The molecule has 0 bridgehead atoms. The Hall–Kier alpha value is -1.90. The van der Waals surface area contributed by atoms with Gasteiger partial charge in [-0.3, -0.25) is 9.48 Å². The van der Waals surface area contributed by atoms with Gasteiger partial charge in [0, 0.05) is 19.2 Å². The quantitative estimate of drug-likeness (QED) is 0.791. The Labute approximate surface area is 114 Å². The molecule has 0 saturated heterocycles. The molecule has 3 nitrogen and oxygen atoms in total. The maximum atomic E-state index is 12.5. The monoisotopic (exact) mass is 256 g/mol. The fourth-order valence-corrected chi connectivity index (χ4v) is 2.43. The maximum Gasteiger partial charge on any atom is 0.170 e. The SMILES string of the molecule is Cc1ccc(C)c(CC(=O)c2c(C)nn(C)c2C)c1. The Kier molecular flexibility index (Phi) is 3.56. The molecule has 0 aliphatic rings. The summed E-state index contributed by atoms with van der Waals surface area (Å²) in [5.74, 6) is 0.150. The Morgan fingerprint density at radius 3 is 2.47 bits per heavy atom. The smallest absolute Gasteiger partial charge is 0.170 e. The molecule has 1 aromatic carbocycles. The molecule has 19 heavy (non-hydrogen) atoms. The fourth-order valence-electron chi connectivity index (χ4n) is 2.43. The predicted molar refractivity (Wildman–Crippen MR) is 76.6 cm³/mol. The minimum atomic E-state index is 0.150. The fraction of sp³-hybridized carbons (Fsp3) is 0.375. The summed E-state index contributed by atoms with van der Waals surface area (Å²) < 4.78 is 1.77. The van der Waals surface area contributed by atoms with Crippen molar-refractivity contribution in [3.05, 3.63) is 51.8 Å². The zero-order valence-corrected chi connectivity index (χ0v) is 12.2. The zero-order valence-electron chi connectivity index (χ0n) is 12.2. The van der Waals surface area contributed by atoms with Gasteiger partial charge in [-0.2, -0.15) is 5.10 Å². The summed E-state index contributed by atoms with van der Waals surface area (Å²) in [6, 6.07) is 6.24. The standard InChI is InChI=1S/C16H20N2O/c1-10-6-7-11(2)14(8-10)9-15(19)16-12(3)17-18(5)13(16)4/h6-8H,9H2,1-5H3. The van der Waals surface area contributed by atoms with E-state index in [4.69, 9.17) is 0 Å². The van der Waals surface area contributed by atoms with Crippen molar-refractivity contribution in [2.75, 3.05) is 0 Å². The Balaban J connectivity index is 2.33. The summed E-state index contributed by atoms with van der Waals surface area (Å²) >= 11 is 0. The number of carbonyl (C=O) groups is 1. The van der Waals surface area contributed by atoms with E-state index in [0.717, 1.165) is 28.1 Å². The molecule has 0 radical (unpaired) electrons. The van der Waals surface area contributed by atoms with Crippen LogP contribution in [0.2, 0.25) is 0 Å². The first-order valence-electron chi connectivity index (χ1n) is 6.49. The van der Waals surface area contributed by atoms with Crippen LogP contribution in [0.1, 0.15) is 38.4 Å². The van der Waals surface area contributed by atoms with Gasteiger partial charge < -0.3 is 0 Å². The van der Waals surface area contributed by atoms with Crippen LogP contribution in [-0.2, 0) is 13.5 Å². The van der Waals surface area contributed by atoms with Crippen LogP contribution in [0, 0.1) is 27.7 Å². The van der Waals surface area contributed by atoms with E-state index in [1.807, 2.05) is 34.7 Å². The van der Waals surface area contributed by atoms with E-state index in [-0.39, 0.29) is 5.78 Å². The third-order valence-electron chi connectivity index (χ3n) is 3.64. The number of ketones is 1. The first-order chi connectivity index (χ1) is 8.90. The number of carbonyl (C=O) groups excluding carboxylic acids is 1. The molecule has 0 saturated carbocycles. The van der Waals surface area contributed by atoms with Gasteiger partial charge in [0.15, 0.2) is 5.78 Å². The van der Waals surface area contributed by atoms with Gasteiger partial charge in [0.25, 0.3) is 0 Å². The van der Waals surface area contributed by atoms with Gasteiger partial charge in [-0.05, 0) is 38.8 Å². The van der Waals surface area contributed by atoms with Crippen molar-refractivity contribution in [1.29, 1.82) is 0 Å². The zero-order chi connectivity index (χ0) is 14.2. The largest absolute Gasteiger partial charge is 0.294 e. The van der Waals surface area contributed by atoms with Crippen molar-refractivity contribution in [2.45, 2.75) is 34.1 Å². The molecular weight excluding hydrogens is 236 g/mol. The molecule has 0 aliphatic heterocycles. The van der Waals surface area contributed by atoms with Gasteiger partial charge >= 0.3 is 0 Å². The predicted octanol–water partition coefficient (Wildman–Crippen LogP) is 3.08. The number of hydrogen-bond donors (Lipinski definition) is 0. The van der Waals surface area contributed by atoms with Crippen LogP contribution in [0.5, 0.6) is 0 Å². The molecule has 100 valence electrons. The topological polar surface area (TPSA) is 34.9 Å². The second-order valence-corrected chi connectivity index (χ2v) is 5.20. The van der Waals surface area contributed by atoms with Crippen molar-refractivity contribution >= 4 is 5.78 Å². The Bertz CT molecular complexity index is 638. The van der Waals surface area contributed by atoms with E-state index < -0.39 is 0 Å². The van der Waals surface area contributed by atoms with E-state index in [1.165, 1.54) is 5.56 Å². The molecule has 0 spiro atoms. The summed E-state index contributed by atoms with van der Waals surface area (Å²) in [6.07, 6.45) is 0.445. The number of benzene rings is 1. The Morgan fingerprint density at radius 1 is 1.21 bits per heavy atom. The first-order valence-corrected chi connectivity index (χ1v) is 6.49. The molecule has 2 aromatic rings. The lowest BCUT2D eigenvalue weighted by molar-refractivity contribution is 0.0991. The van der Waals surface area contributed by atoms with Gasteiger partial charge in [-0.15, -0.1) is 0 Å². The molecule has 0 unspecified atom stereocenters. The number of nitrogens with zero attached hydrogens (tertiary/aromatic N) is 2. The van der Waals surface area contributed by atoms with Crippen molar-refractivity contribution < 1.29 is 4.79 Å². The third kappa shape index (κ3) is 2.60. The second kappa shape index (κ2) is 5.00. The van der Waals surface area contributed by atoms with Crippen LogP contribution in [0.4, 0.5) is 0 Å². The van der Waals surface area contributed by atoms with Crippen molar-refractivity contribution in [3.63, 3.8) is 0 Å². The molecule has 1 aromatic heterocycles. The van der Waals surface area contributed by atoms with E-state index in [2.05, 4.69) is 23.3 Å². The highest BCUT2D eigenvalue weighted by atomic mass is 16.1. The molecule has 0 fully saturated rings. The number of Topliss-reactive ketones (excluding diaryl/α,β-unsaturated/α-hetero) is 1. The molecular formula is C16H20N2O. The van der Waals surface area contributed by atoms with E-state index in [9.17, 15) is 4.79 Å². The van der Waals surface area contributed by atoms with Crippen molar-refractivity contribution in [3.8, 4) is 0 Å². The van der Waals surface area contributed by atoms with Crippen LogP contribution in [0.3, 0.4) is 0 Å². The lowest BCUT2D eigenvalue weighted by atomic mass is 9.97. The van der Waals surface area contributed by atoms with Crippen LogP contribution in [0.15, 0.2) is 18.2 Å². The average molecular weight is 256 g/mol. The molecule has 2 rings (SSSR count). The summed E-state index contributed by atoms with van der Waals surface area (Å²) in [5.41, 5.74) is 5.98. The number of aromatic nitrogens is 2. The summed E-state index contributed by atoms with van der Waals surface area (Å²) in [7, 11) is 1.87. The molecule has 0 atom stereocenters. The van der Waals surface area contributed by atoms with Gasteiger partial charge in [0.1, 0.15) is 0 Å².